The van der Waals surface area contributed by atoms with Gasteiger partial charge in [-0.1, -0.05) is 23.7 Å². The Morgan fingerprint density at radius 1 is 1.35 bits per heavy atom. The van der Waals surface area contributed by atoms with E-state index in [1.54, 1.807) is 19.1 Å². The van der Waals surface area contributed by atoms with E-state index in [0.29, 0.717) is 23.0 Å². The Kier molecular flexibility index (Phi) is 3.39. The number of carbonyl (C=O) groups excluding carboxylic acids is 1. The number of hydrogen-bond donors (Lipinski definition) is 2. The zero-order chi connectivity index (χ0) is 12.3. The van der Waals surface area contributed by atoms with Crippen LogP contribution in [-0.2, 0) is 6.54 Å². The van der Waals surface area contributed by atoms with E-state index in [4.69, 9.17) is 11.6 Å². The number of aromatic amines is 1. The first kappa shape index (κ1) is 11.6. The number of H-pyrrole nitrogens is 1. The highest BCUT2D eigenvalue weighted by atomic mass is 35.5. The minimum absolute atomic E-state index is 0.244. The Balaban J connectivity index is 1.97. The van der Waals surface area contributed by atoms with E-state index in [1.165, 1.54) is 0 Å². The summed E-state index contributed by atoms with van der Waals surface area (Å²) < 4.78 is 0. The van der Waals surface area contributed by atoms with Crippen molar-refractivity contribution < 1.29 is 4.79 Å². The Bertz CT molecular complexity index is 521. The number of rotatable bonds is 3. The van der Waals surface area contributed by atoms with Crippen molar-refractivity contribution in [3.8, 4) is 0 Å². The summed E-state index contributed by atoms with van der Waals surface area (Å²) in [7, 11) is 0. The average molecular weight is 251 g/mol. The van der Waals surface area contributed by atoms with E-state index >= 15 is 0 Å². The van der Waals surface area contributed by atoms with Gasteiger partial charge < -0.3 is 5.32 Å². The molecule has 2 aromatic rings. The lowest BCUT2D eigenvalue weighted by molar-refractivity contribution is 0.0945. The maximum absolute atomic E-state index is 11.7. The quantitative estimate of drug-likeness (QED) is 0.871. The summed E-state index contributed by atoms with van der Waals surface area (Å²) in [4.78, 5) is 11.7. The van der Waals surface area contributed by atoms with Crippen molar-refractivity contribution >= 4 is 17.5 Å². The van der Waals surface area contributed by atoms with E-state index in [9.17, 15) is 4.79 Å². The van der Waals surface area contributed by atoms with Crippen molar-refractivity contribution in [3.05, 3.63) is 46.2 Å². The van der Waals surface area contributed by atoms with Gasteiger partial charge in [0.25, 0.3) is 5.91 Å². The Hall–Kier alpha value is -1.88. The van der Waals surface area contributed by atoms with Crippen LogP contribution in [0, 0.1) is 6.92 Å². The van der Waals surface area contributed by atoms with Crippen LogP contribution in [0.5, 0.6) is 0 Å². The lowest BCUT2D eigenvalue weighted by Crippen LogP contribution is -2.23. The fraction of sp³-hybridized carbons (Fsp3) is 0.182. The molecule has 5 nitrogen and oxygen atoms in total. The van der Waals surface area contributed by atoms with Crippen molar-refractivity contribution in [3.63, 3.8) is 0 Å². The number of amides is 1. The first-order valence-electron chi connectivity index (χ1n) is 5.07. The second kappa shape index (κ2) is 4.97. The predicted molar refractivity (Wildman–Crippen MR) is 63.7 cm³/mol. The number of nitrogens with one attached hydrogen (secondary N) is 2. The third-order valence-electron chi connectivity index (χ3n) is 2.30. The van der Waals surface area contributed by atoms with Gasteiger partial charge in [0.05, 0.1) is 5.69 Å². The van der Waals surface area contributed by atoms with Crippen molar-refractivity contribution in [2.75, 3.05) is 0 Å². The molecule has 88 valence electrons. The second-order valence-electron chi connectivity index (χ2n) is 3.57. The SMILES string of the molecule is Cc1n[nH]nc1C(=O)NCc1ccc(Cl)cc1. The first-order chi connectivity index (χ1) is 8.16. The van der Waals surface area contributed by atoms with E-state index in [1.807, 2.05) is 12.1 Å². The van der Waals surface area contributed by atoms with Gasteiger partial charge >= 0.3 is 0 Å². The third kappa shape index (κ3) is 2.82. The van der Waals surface area contributed by atoms with Crippen molar-refractivity contribution in [2.45, 2.75) is 13.5 Å². The Morgan fingerprint density at radius 3 is 2.65 bits per heavy atom. The maximum atomic E-state index is 11.7. The molecule has 1 aromatic heterocycles. The molecule has 0 saturated heterocycles. The fourth-order valence-corrected chi connectivity index (χ4v) is 1.49. The number of nitrogens with zero attached hydrogens (tertiary/aromatic N) is 2. The topological polar surface area (TPSA) is 70.7 Å². The lowest BCUT2D eigenvalue weighted by atomic mass is 10.2. The van der Waals surface area contributed by atoms with E-state index in [2.05, 4.69) is 20.7 Å². The number of carbonyl (C=O) groups is 1. The van der Waals surface area contributed by atoms with Crippen LogP contribution in [0.3, 0.4) is 0 Å². The summed E-state index contributed by atoms with van der Waals surface area (Å²) in [6.45, 7) is 2.16. The van der Waals surface area contributed by atoms with Gasteiger partial charge in [-0.3, -0.25) is 4.79 Å². The molecule has 2 N–H and O–H groups in total. The highest BCUT2D eigenvalue weighted by Crippen LogP contribution is 2.09. The number of halogens is 1. The normalized spacial score (nSPS) is 10.2. The van der Waals surface area contributed by atoms with E-state index in [0.717, 1.165) is 5.56 Å². The molecular weight excluding hydrogens is 240 g/mol. The van der Waals surface area contributed by atoms with E-state index in [-0.39, 0.29) is 5.91 Å². The summed E-state index contributed by atoms with van der Waals surface area (Å²) in [5.41, 5.74) is 1.88. The second-order valence-corrected chi connectivity index (χ2v) is 4.00. The molecule has 0 aliphatic heterocycles. The summed E-state index contributed by atoms with van der Waals surface area (Å²) in [6, 6.07) is 7.28. The molecular formula is C11H11ClN4O. The molecule has 0 aliphatic carbocycles. The zero-order valence-electron chi connectivity index (χ0n) is 9.20. The van der Waals surface area contributed by atoms with Gasteiger partial charge in [0.1, 0.15) is 0 Å². The lowest BCUT2D eigenvalue weighted by Gasteiger charge is -2.03. The van der Waals surface area contributed by atoms with Crippen LogP contribution in [0.1, 0.15) is 21.7 Å². The van der Waals surface area contributed by atoms with Crippen LogP contribution in [-0.4, -0.2) is 21.3 Å². The van der Waals surface area contributed by atoms with Crippen molar-refractivity contribution in [1.82, 2.24) is 20.7 Å². The molecule has 0 saturated carbocycles. The highest BCUT2D eigenvalue weighted by Gasteiger charge is 2.12. The van der Waals surface area contributed by atoms with Crippen LogP contribution in [0.15, 0.2) is 24.3 Å². The van der Waals surface area contributed by atoms with Gasteiger partial charge in [-0.15, -0.1) is 0 Å². The molecule has 0 radical (unpaired) electrons. The molecule has 1 heterocycles. The third-order valence-corrected chi connectivity index (χ3v) is 2.56. The summed E-state index contributed by atoms with van der Waals surface area (Å²) >= 11 is 5.77. The molecule has 6 heteroatoms. The molecule has 0 bridgehead atoms. The zero-order valence-corrected chi connectivity index (χ0v) is 9.95. The number of benzene rings is 1. The molecule has 1 aromatic carbocycles. The molecule has 0 aliphatic rings. The molecule has 1 amide bonds. The molecule has 0 fully saturated rings. The minimum atomic E-state index is -0.244. The Morgan fingerprint density at radius 2 is 2.06 bits per heavy atom. The van der Waals surface area contributed by atoms with Gasteiger partial charge in [-0.2, -0.15) is 15.4 Å². The maximum Gasteiger partial charge on any atom is 0.274 e. The molecule has 2 rings (SSSR count). The molecule has 0 spiro atoms. The van der Waals surface area contributed by atoms with Crippen molar-refractivity contribution in [2.24, 2.45) is 0 Å². The summed E-state index contributed by atoms with van der Waals surface area (Å²) in [5, 5.41) is 13.4. The fourth-order valence-electron chi connectivity index (χ4n) is 1.37. The van der Waals surface area contributed by atoms with Gasteiger partial charge in [0.15, 0.2) is 5.69 Å². The standard InChI is InChI=1S/C11H11ClN4O/c1-7-10(15-16-14-7)11(17)13-6-8-2-4-9(12)5-3-8/h2-5H,6H2,1H3,(H,13,17)(H,14,15,16). The molecule has 0 atom stereocenters. The summed E-state index contributed by atoms with van der Waals surface area (Å²) in [5.74, 6) is -0.244. The van der Waals surface area contributed by atoms with Crippen molar-refractivity contribution in [1.29, 1.82) is 0 Å². The number of hydrogen-bond acceptors (Lipinski definition) is 3. The average Bonchev–Trinajstić information content (AvgIpc) is 2.74. The first-order valence-corrected chi connectivity index (χ1v) is 5.44. The van der Waals surface area contributed by atoms with Crippen LogP contribution in [0.2, 0.25) is 5.02 Å². The smallest absolute Gasteiger partial charge is 0.274 e. The van der Waals surface area contributed by atoms with Crippen LogP contribution in [0.4, 0.5) is 0 Å². The minimum Gasteiger partial charge on any atom is -0.347 e. The monoisotopic (exact) mass is 250 g/mol. The highest BCUT2D eigenvalue weighted by molar-refractivity contribution is 6.30. The van der Waals surface area contributed by atoms with Gasteiger partial charge in [0.2, 0.25) is 0 Å². The van der Waals surface area contributed by atoms with Crippen LogP contribution < -0.4 is 5.32 Å². The van der Waals surface area contributed by atoms with Gasteiger partial charge in [-0.05, 0) is 24.6 Å². The molecule has 17 heavy (non-hydrogen) atoms. The number of aryl methyl sites for hydroxylation is 1. The van der Waals surface area contributed by atoms with Crippen LogP contribution in [0.25, 0.3) is 0 Å². The van der Waals surface area contributed by atoms with Gasteiger partial charge in [-0.25, -0.2) is 0 Å². The Labute approximate surface area is 103 Å². The number of aromatic nitrogens is 3. The molecule has 0 unspecified atom stereocenters. The van der Waals surface area contributed by atoms with Gasteiger partial charge in [0, 0.05) is 11.6 Å². The van der Waals surface area contributed by atoms with Crippen LogP contribution >= 0.6 is 11.6 Å². The largest absolute Gasteiger partial charge is 0.347 e. The summed E-state index contributed by atoms with van der Waals surface area (Å²) in [6.07, 6.45) is 0. The predicted octanol–water partition coefficient (Wildman–Crippen LogP) is 1.70. The van der Waals surface area contributed by atoms with E-state index < -0.39 is 0 Å².